The molecule has 0 atom stereocenters. The normalized spacial score (nSPS) is 15.7. The first-order valence-corrected chi connectivity index (χ1v) is 11.4. The summed E-state index contributed by atoms with van der Waals surface area (Å²) in [5.41, 5.74) is 1.15. The van der Waals surface area contributed by atoms with Crippen LogP contribution in [-0.2, 0) is 16.6 Å². The first-order chi connectivity index (χ1) is 12.8. The Balaban J connectivity index is 1.60. The Labute approximate surface area is 172 Å². The van der Waals surface area contributed by atoms with E-state index in [1.807, 2.05) is 18.4 Å². The molecule has 1 aliphatic heterocycles. The van der Waals surface area contributed by atoms with Crippen molar-refractivity contribution in [1.82, 2.24) is 14.5 Å². The topological polar surface area (TPSA) is 69.7 Å². The number of carbonyl (C=O) groups excluding carboxylic acids is 1. The average molecular weight is 448 g/mol. The number of aryl methyl sites for hydroxylation is 1. The molecule has 0 saturated carbocycles. The molecule has 27 heavy (non-hydrogen) atoms. The summed E-state index contributed by atoms with van der Waals surface area (Å²) in [4.78, 5) is 15.1. The zero-order valence-electron chi connectivity index (χ0n) is 14.6. The summed E-state index contributed by atoms with van der Waals surface area (Å²) in [6.45, 7) is 3.51. The van der Waals surface area contributed by atoms with Gasteiger partial charge in [0, 0.05) is 36.1 Å². The molecule has 2 amide bonds. The number of amides is 2. The van der Waals surface area contributed by atoms with E-state index in [0.717, 1.165) is 10.4 Å². The van der Waals surface area contributed by atoms with Gasteiger partial charge in [0.25, 0.3) is 0 Å². The highest BCUT2D eigenvalue weighted by Gasteiger charge is 2.31. The van der Waals surface area contributed by atoms with Crippen molar-refractivity contribution in [3.63, 3.8) is 0 Å². The molecular formula is C17H19Cl2N3O3S2. The number of hydrogen-bond acceptors (Lipinski definition) is 4. The van der Waals surface area contributed by atoms with Crippen LogP contribution in [0.2, 0.25) is 10.0 Å². The molecule has 0 bridgehead atoms. The molecule has 0 spiro atoms. The van der Waals surface area contributed by atoms with Crippen molar-refractivity contribution in [2.45, 2.75) is 18.4 Å². The molecule has 1 fully saturated rings. The van der Waals surface area contributed by atoms with E-state index in [1.54, 1.807) is 22.3 Å². The van der Waals surface area contributed by atoms with Gasteiger partial charge in [-0.25, -0.2) is 13.2 Å². The summed E-state index contributed by atoms with van der Waals surface area (Å²) < 4.78 is 27.0. The summed E-state index contributed by atoms with van der Waals surface area (Å²) in [6.07, 6.45) is 0. The second-order valence-corrected chi connectivity index (χ2v) is 9.90. The lowest BCUT2D eigenvalue weighted by molar-refractivity contribution is 0.172. The van der Waals surface area contributed by atoms with Crippen LogP contribution in [0.15, 0.2) is 34.5 Å². The molecule has 1 saturated heterocycles. The van der Waals surface area contributed by atoms with Crippen molar-refractivity contribution < 1.29 is 13.2 Å². The Bertz CT molecular complexity index is 939. The number of sulfonamides is 1. The minimum Gasteiger partial charge on any atom is -0.333 e. The van der Waals surface area contributed by atoms with Crippen molar-refractivity contribution in [3.8, 4) is 0 Å². The van der Waals surface area contributed by atoms with Crippen LogP contribution in [0, 0.1) is 6.92 Å². The number of halogens is 2. The highest BCUT2D eigenvalue weighted by Crippen LogP contribution is 2.28. The van der Waals surface area contributed by atoms with Gasteiger partial charge >= 0.3 is 6.03 Å². The minimum absolute atomic E-state index is 0.0114. The Morgan fingerprint density at radius 3 is 2.52 bits per heavy atom. The number of benzene rings is 1. The van der Waals surface area contributed by atoms with E-state index in [2.05, 4.69) is 5.32 Å². The molecule has 1 N–H and O–H groups in total. The second-order valence-electron chi connectivity index (χ2n) is 6.15. The number of rotatable bonds is 4. The van der Waals surface area contributed by atoms with Gasteiger partial charge in [0.15, 0.2) is 0 Å². The van der Waals surface area contributed by atoms with Gasteiger partial charge in [0.2, 0.25) is 10.0 Å². The fraction of sp³-hybridized carbons (Fsp3) is 0.353. The lowest BCUT2D eigenvalue weighted by Gasteiger charge is -2.34. The number of nitrogens with one attached hydrogen (secondary N) is 1. The van der Waals surface area contributed by atoms with E-state index >= 15 is 0 Å². The molecule has 10 heteroatoms. The monoisotopic (exact) mass is 447 g/mol. The van der Waals surface area contributed by atoms with Gasteiger partial charge in [0.1, 0.15) is 4.90 Å². The van der Waals surface area contributed by atoms with Crippen molar-refractivity contribution in [1.29, 1.82) is 0 Å². The van der Waals surface area contributed by atoms with Gasteiger partial charge < -0.3 is 10.2 Å². The number of nitrogens with zero attached hydrogens (tertiary/aromatic N) is 2. The molecular weight excluding hydrogens is 429 g/mol. The maximum absolute atomic E-state index is 12.8. The Morgan fingerprint density at radius 1 is 1.19 bits per heavy atom. The molecule has 2 heterocycles. The third-order valence-corrected chi connectivity index (χ3v) is 8.04. The lowest BCUT2D eigenvalue weighted by atomic mass is 10.3. The van der Waals surface area contributed by atoms with E-state index in [9.17, 15) is 13.2 Å². The quantitative estimate of drug-likeness (QED) is 0.778. The molecule has 0 unspecified atom stereocenters. The summed E-state index contributed by atoms with van der Waals surface area (Å²) in [6, 6.07) is 6.17. The van der Waals surface area contributed by atoms with Gasteiger partial charge in [-0.1, -0.05) is 23.2 Å². The van der Waals surface area contributed by atoms with Crippen molar-refractivity contribution in [3.05, 3.63) is 50.1 Å². The fourth-order valence-corrected chi connectivity index (χ4v) is 5.80. The first-order valence-electron chi connectivity index (χ1n) is 8.30. The van der Waals surface area contributed by atoms with Crippen LogP contribution < -0.4 is 5.32 Å². The third kappa shape index (κ3) is 4.57. The van der Waals surface area contributed by atoms with Crippen LogP contribution in [0.5, 0.6) is 0 Å². The number of piperazine rings is 1. The van der Waals surface area contributed by atoms with Crippen molar-refractivity contribution in [2.24, 2.45) is 0 Å². The molecule has 0 aliphatic carbocycles. The van der Waals surface area contributed by atoms with E-state index in [0.29, 0.717) is 24.7 Å². The predicted molar refractivity (Wildman–Crippen MR) is 108 cm³/mol. The third-order valence-electron chi connectivity index (χ3n) is 4.41. The van der Waals surface area contributed by atoms with Crippen molar-refractivity contribution >= 4 is 50.6 Å². The van der Waals surface area contributed by atoms with Gasteiger partial charge in [-0.3, -0.25) is 0 Å². The van der Waals surface area contributed by atoms with Gasteiger partial charge in [0.05, 0.1) is 11.6 Å². The second kappa shape index (κ2) is 8.36. The Kier molecular flexibility index (Phi) is 6.32. The molecule has 146 valence electrons. The first kappa shape index (κ1) is 20.4. The minimum atomic E-state index is -3.76. The summed E-state index contributed by atoms with van der Waals surface area (Å²) in [5, 5.41) is 5.31. The zero-order chi connectivity index (χ0) is 19.6. The molecule has 2 aromatic rings. The number of urea groups is 1. The molecule has 1 aromatic carbocycles. The van der Waals surface area contributed by atoms with E-state index in [1.165, 1.54) is 16.4 Å². The van der Waals surface area contributed by atoms with Gasteiger partial charge in [-0.15, -0.1) is 11.3 Å². The summed E-state index contributed by atoms with van der Waals surface area (Å²) >= 11 is 13.6. The summed E-state index contributed by atoms with van der Waals surface area (Å²) in [5.74, 6) is 0. The molecule has 0 radical (unpaired) electrons. The Morgan fingerprint density at radius 2 is 1.89 bits per heavy atom. The fourth-order valence-electron chi connectivity index (χ4n) is 2.80. The van der Waals surface area contributed by atoms with Crippen molar-refractivity contribution in [2.75, 3.05) is 26.2 Å². The molecule has 6 nitrogen and oxygen atoms in total. The zero-order valence-corrected chi connectivity index (χ0v) is 17.8. The van der Waals surface area contributed by atoms with Crippen LogP contribution in [0.3, 0.4) is 0 Å². The molecule has 1 aliphatic rings. The smallest absolute Gasteiger partial charge is 0.317 e. The van der Waals surface area contributed by atoms with Crippen LogP contribution in [0.25, 0.3) is 0 Å². The van der Waals surface area contributed by atoms with Crippen LogP contribution in [-0.4, -0.2) is 49.8 Å². The maximum Gasteiger partial charge on any atom is 0.317 e. The molecule has 3 rings (SSSR count). The highest BCUT2D eigenvalue weighted by atomic mass is 35.5. The number of hydrogen-bond donors (Lipinski definition) is 1. The lowest BCUT2D eigenvalue weighted by Crippen LogP contribution is -2.53. The summed E-state index contributed by atoms with van der Waals surface area (Å²) in [7, 11) is -3.76. The maximum atomic E-state index is 12.8. The Hall–Kier alpha value is -1.32. The van der Waals surface area contributed by atoms with Gasteiger partial charge in [-0.05, 0) is 42.1 Å². The van der Waals surface area contributed by atoms with E-state index < -0.39 is 10.0 Å². The van der Waals surface area contributed by atoms with Crippen LogP contribution in [0.1, 0.15) is 10.4 Å². The highest BCUT2D eigenvalue weighted by molar-refractivity contribution is 7.89. The van der Waals surface area contributed by atoms with Crippen LogP contribution in [0.4, 0.5) is 4.79 Å². The SMILES string of the molecule is Cc1ccsc1CNC(=O)N1CCN(S(=O)(=O)c2cc(Cl)ccc2Cl)CC1. The van der Waals surface area contributed by atoms with E-state index in [-0.39, 0.29) is 29.0 Å². The largest absolute Gasteiger partial charge is 0.333 e. The number of carbonyl (C=O) groups is 1. The van der Waals surface area contributed by atoms with Crippen LogP contribution >= 0.6 is 34.5 Å². The van der Waals surface area contributed by atoms with E-state index in [4.69, 9.17) is 23.2 Å². The molecule has 1 aromatic heterocycles. The predicted octanol–water partition coefficient (Wildman–Crippen LogP) is 3.58. The number of thiophene rings is 1. The average Bonchev–Trinajstić information content (AvgIpc) is 3.06. The standard InChI is InChI=1S/C17H19Cl2N3O3S2/c1-12-4-9-26-15(12)11-20-17(23)21-5-7-22(8-6-21)27(24,25)16-10-13(18)2-3-14(16)19/h2-4,9-10H,5-8,11H2,1H3,(H,20,23). The van der Waals surface area contributed by atoms with Gasteiger partial charge in [-0.2, -0.15) is 4.31 Å².